The molecule has 5 nitrogen and oxygen atoms in total. The average Bonchev–Trinajstić information content (AvgIpc) is 2.70. The highest BCUT2D eigenvalue weighted by atomic mass is 127. The van der Waals surface area contributed by atoms with E-state index in [1.54, 1.807) is 0 Å². The van der Waals surface area contributed by atoms with Crippen molar-refractivity contribution in [2.24, 2.45) is 4.99 Å². The Morgan fingerprint density at radius 3 is 2.54 bits per heavy atom. The Kier molecular flexibility index (Phi) is 9.86. The third-order valence-corrected chi connectivity index (χ3v) is 7.20. The molecule has 1 aromatic carbocycles. The van der Waals surface area contributed by atoms with Gasteiger partial charge in [0, 0.05) is 64.3 Å². The number of nitrogens with zero attached hydrogens (tertiary/aromatic N) is 3. The van der Waals surface area contributed by atoms with Gasteiger partial charge in [0.2, 0.25) is 0 Å². The summed E-state index contributed by atoms with van der Waals surface area (Å²) in [5.41, 5.74) is 2.75. The molecule has 0 atom stereocenters. The molecule has 0 spiro atoms. The maximum absolute atomic E-state index is 5.56. The molecule has 0 amide bonds. The lowest BCUT2D eigenvalue weighted by Crippen LogP contribution is -2.54. The van der Waals surface area contributed by atoms with Crippen molar-refractivity contribution in [2.45, 2.75) is 31.1 Å². The van der Waals surface area contributed by atoms with E-state index in [0.29, 0.717) is 0 Å². The van der Waals surface area contributed by atoms with E-state index >= 15 is 0 Å². The molecule has 158 valence electrons. The number of rotatable bonds is 5. The van der Waals surface area contributed by atoms with Crippen molar-refractivity contribution in [1.82, 2.24) is 15.1 Å². The van der Waals surface area contributed by atoms with Crippen LogP contribution in [-0.4, -0.2) is 79.7 Å². The molecule has 3 rings (SSSR count). The van der Waals surface area contributed by atoms with E-state index in [2.05, 4.69) is 57.6 Å². The minimum absolute atomic E-state index is 0. The normalized spacial score (nSPS) is 20.5. The van der Waals surface area contributed by atoms with E-state index in [4.69, 9.17) is 4.74 Å². The third kappa shape index (κ3) is 6.50. The van der Waals surface area contributed by atoms with E-state index in [0.717, 1.165) is 71.3 Å². The molecule has 28 heavy (non-hydrogen) atoms. The van der Waals surface area contributed by atoms with Crippen LogP contribution in [0.4, 0.5) is 0 Å². The molecule has 0 bridgehead atoms. The number of nitrogens with one attached hydrogen (secondary N) is 1. The monoisotopic (exact) mass is 518 g/mol. The Morgan fingerprint density at radius 1 is 1.21 bits per heavy atom. The van der Waals surface area contributed by atoms with Gasteiger partial charge in [0.25, 0.3) is 0 Å². The minimum atomic E-state index is 0. The third-order valence-electron chi connectivity index (χ3n) is 5.78. The first kappa shape index (κ1) is 23.8. The molecule has 0 aromatic heterocycles. The van der Waals surface area contributed by atoms with Crippen molar-refractivity contribution in [2.75, 3.05) is 59.2 Å². The van der Waals surface area contributed by atoms with Crippen LogP contribution in [0.2, 0.25) is 0 Å². The van der Waals surface area contributed by atoms with Crippen LogP contribution in [0.3, 0.4) is 0 Å². The zero-order valence-electron chi connectivity index (χ0n) is 17.4. The van der Waals surface area contributed by atoms with Gasteiger partial charge in [-0.25, -0.2) is 0 Å². The molecule has 2 fully saturated rings. The first-order valence-corrected chi connectivity index (χ1v) is 11.2. The average molecular weight is 519 g/mol. The van der Waals surface area contributed by atoms with E-state index in [-0.39, 0.29) is 28.7 Å². The molecule has 1 N–H and O–H groups in total. The highest BCUT2D eigenvalue weighted by Crippen LogP contribution is 2.33. The Morgan fingerprint density at radius 2 is 1.93 bits per heavy atom. The molecule has 0 aliphatic carbocycles. The number of piperazine rings is 1. The second-order valence-electron chi connectivity index (χ2n) is 7.65. The van der Waals surface area contributed by atoms with Crippen LogP contribution < -0.4 is 5.32 Å². The summed E-state index contributed by atoms with van der Waals surface area (Å²) >= 11 is 1.97. The predicted octanol–water partition coefficient (Wildman–Crippen LogP) is 3.22. The van der Waals surface area contributed by atoms with Gasteiger partial charge in [-0.2, -0.15) is 11.8 Å². The van der Waals surface area contributed by atoms with Gasteiger partial charge in [-0.15, -0.1) is 24.0 Å². The summed E-state index contributed by atoms with van der Waals surface area (Å²) in [5.74, 6) is 1.05. The molecule has 2 heterocycles. The lowest BCUT2D eigenvalue weighted by molar-refractivity contribution is 0.0779. The highest BCUT2D eigenvalue weighted by molar-refractivity contribution is 14.0. The smallest absolute Gasteiger partial charge is 0.193 e. The van der Waals surface area contributed by atoms with Crippen molar-refractivity contribution >= 4 is 41.7 Å². The molecule has 2 aliphatic heterocycles. The van der Waals surface area contributed by atoms with Crippen molar-refractivity contribution in [3.8, 4) is 0 Å². The lowest BCUT2D eigenvalue weighted by atomic mass is 9.99. The molecule has 2 saturated heterocycles. The van der Waals surface area contributed by atoms with E-state index < -0.39 is 0 Å². The Hall–Kier alpha value is -0.510. The highest BCUT2D eigenvalue weighted by Gasteiger charge is 2.32. The van der Waals surface area contributed by atoms with Gasteiger partial charge >= 0.3 is 0 Å². The van der Waals surface area contributed by atoms with Gasteiger partial charge < -0.3 is 15.0 Å². The zero-order chi connectivity index (χ0) is 19.1. The lowest BCUT2D eigenvalue weighted by Gasteiger charge is -2.39. The molecular weight excluding hydrogens is 483 g/mol. The van der Waals surface area contributed by atoms with Gasteiger partial charge in [0.15, 0.2) is 5.96 Å². The number of benzene rings is 1. The van der Waals surface area contributed by atoms with Gasteiger partial charge in [0.1, 0.15) is 0 Å². The number of ether oxygens (including phenoxy) is 1. The molecule has 0 saturated carbocycles. The fourth-order valence-electron chi connectivity index (χ4n) is 3.96. The van der Waals surface area contributed by atoms with E-state index in [9.17, 15) is 0 Å². The quantitative estimate of drug-likeness (QED) is 0.369. The van der Waals surface area contributed by atoms with Gasteiger partial charge in [0.05, 0.1) is 0 Å². The fraction of sp³-hybridized carbons (Fsp3) is 0.667. The summed E-state index contributed by atoms with van der Waals surface area (Å²) in [6.45, 7) is 10.1. The Balaban J connectivity index is 0.00000280. The maximum Gasteiger partial charge on any atom is 0.193 e. The number of halogens is 1. The summed E-state index contributed by atoms with van der Waals surface area (Å²) in [6.07, 6.45) is 4.45. The number of hydrogen-bond donors (Lipinski definition) is 1. The first-order chi connectivity index (χ1) is 13.1. The Labute approximate surface area is 191 Å². The summed E-state index contributed by atoms with van der Waals surface area (Å²) in [7, 11) is 1.90. The van der Waals surface area contributed by atoms with Crippen LogP contribution in [0, 0.1) is 6.92 Å². The van der Waals surface area contributed by atoms with Crippen LogP contribution in [-0.2, 0) is 11.3 Å². The van der Waals surface area contributed by atoms with Gasteiger partial charge in [-0.1, -0.05) is 29.8 Å². The summed E-state index contributed by atoms with van der Waals surface area (Å²) in [6, 6.07) is 8.85. The van der Waals surface area contributed by atoms with Crippen LogP contribution >= 0.6 is 35.7 Å². The number of aryl methyl sites for hydroxylation is 1. The number of guanidine groups is 1. The van der Waals surface area contributed by atoms with Crippen LogP contribution in [0.15, 0.2) is 29.3 Å². The first-order valence-electron chi connectivity index (χ1n) is 10.0. The van der Waals surface area contributed by atoms with Crippen molar-refractivity contribution in [1.29, 1.82) is 0 Å². The minimum Gasteiger partial charge on any atom is -0.381 e. The largest absolute Gasteiger partial charge is 0.381 e. The number of hydrogen-bond acceptors (Lipinski definition) is 4. The van der Waals surface area contributed by atoms with Crippen LogP contribution in [0.1, 0.15) is 24.0 Å². The summed E-state index contributed by atoms with van der Waals surface area (Å²) < 4.78 is 5.84. The zero-order valence-corrected chi connectivity index (χ0v) is 20.6. The van der Waals surface area contributed by atoms with Crippen LogP contribution in [0.5, 0.6) is 0 Å². The molecule has 0 unspecified atom stereocenters. The maximum atomic E-state index is 5.56. The predicted molar refractivity (Wildman–Crippen MR) is 131 cm³/mol. The van der Waals surface area contributed by atoms with Crippen LogP contribution in [0.25, 0.3) is 0 Å². The second-order valence-corrected chi connectivity index (χ2v) is 8.93. The van der Waals surface area contributed by atoms with E-state index in [1.165, 1.54) is 11.1 Å². The second kappa shape index (κ2) is 11.6. The molecule has 1 aromatic rings. The molecule has 2 aliphatic rings. The Bertz CT molecular complexity index is 629. The number of aliphatic imine (C=N–C) groups is 1. The molecule has 7 heteroatoms. The van der Waals surface area contributed by atoms with Gasteiger partial charge in [-0.3, -0.25) is 9.89 Å². The SMILES string of the molecule is CN=C(NCC1(SC)CCOCC1)N1CCN(Cc2cccc(C)c2)CC1.I. The standard InChI is InChI=1S/C21H34N4OS.HI/c1-18-5-4-6-19(15-18)16-24-9-11-25(12-10-24)20(22-2)23-17-21(27-3)7-13-26-14-8-21;/h4-6,15H,7-14,16-17H2,1-3H3,(H,22,23);1H. The molecule has 0 radical (unpaired) electrons. The fourth-order valence-corrected chi connectivity index (χ4v) is 4.75. The van der Waals surface area contributed by atoms with Gasteiger partial charge in [-0.05, 0) is 31.6 Å². The van der Waals surface area contributed by atoms with E-state index in [1.807, 2.05) is 18.8 Å². The number of thioether (sulfide) groups is 1. The van der Waals surface area contributed by atoms with Crippen molar-refractivity contribution < 1.29 is 4.74 Å². The topological polar surface area (TPSA) is 40.1 Å². The summed E-state index contributed by atoms with van der Waals surface area (Å²) in [5, 5.41) is 3.65. The molecular formula is C21H35IN4OS. The van der Waals surface area contributed by atoms with Crippen molar-refractivity contribution in [3.63, 3.8) is 0 Å². The van der Waals surface area contributed by atoms with Crippen molar-refractivity contribution in [3.05, 3.63) is 35.4 Å². The summed E-state index contributed by atoms with van der Waals surface area (Å²) in [4.78, 5) is 9.50.